The maximum Gasteiger partial charge on any atom is 0.344 e. The average Bonchev–Trinajstić information content (AvgIpc) is 2.56. The predicted molar refractivity (Wildman–Crippen MR) is 113 cm³/mol. The third kappa shape index (κ3) is 4.78. The summed E-state index contributed by atoms with van der Waals surface area (Å²) in [7, 11) is -1.93. The molecule has 0 unspecified atom stereocenters. The molecular weight excluding hydrogens is 412 g/mol. The molecule has 0 aliphatic carbocycles. The maximum absolute atomic E-state index is 12.5. The maximum atomic E-state index is 12.5. The summed E-state index contributed by atoms with van der Waals surface area (Å²) < 4.78 is 18.2. The van der Waals surface area contributed by atoms with Crippen LogP contribution >= 0.6 is 15.9 Å². The molecule has 1 heterocycles. The van der Waals surface area contributed by atoms with Crippen molar-refractivity contribution in [1.29, 1.82) is 0 Å². The van der Waals surface area contributed by atoms with E-state index in [1.54, 1.807) is 6.07 Å². The van der Waals surface area contributed by atoms with Gasteiger partial charge in [0.05, 0.1) is 23.1 Å². The molecule has 6 heteroatoms. The number of unbranched alkanes of at least 4 members (excludes halogenated alkanes) is 1. The predicted octanol–water partition coefficient (Wildman–Crippen LogP) is 6.26. The first-order valence-electron chi connectivity index (χ1n) is 9.09. The van der Waals surface area contributed by atoms with Crippen LogP contribution in [0.5, 0.6) is 5.75 Å². The third-order valence-electron chi connectivity index (χ3n) is 5.05. The quantitative estimate of drug-likeness (QED) is 0.376. The second-order valence-electron chi connectivity index (χ2n) is 8.09. The molecule has 0 bridgehead atoms. The van der Waals surface area contributed by atoms with Crippen molar-refractivity contribution < 1.29 is 13.6 Å². The Balaban J connectivity index is 2.29. The molecule has 0 spiro atoms. The highest BCUT2D eigenvalue weighted by atomic mass is 79.9. The lowest BCUT2D eigenvalue weighted by atomic mass is 10.1. The van der Waals surface area contributed by atoms with E-state index in [1.165, 1.54) is 0 Å². The van der Waals surface area contributed by atoms with Crippen LogP contribution in [0.25, 0.3) is 10.8 Å². The molecule has 0 fully saturated rings. The van der Waals surface area contributed by atoms with Gasteiger partial charge >= 0.3 is 5.63 Å². The Bertz CT molecular complexity index is 821. The van der Waals surface area contributed by atoms with Crippen molar-refractivity contribution in [3.05, 3.63) is 38.9 Å². The van der Waals surface area contributed by atoms with Gasteiger partial charge in [-0.2, -0.15) is 0 Å². The van der Waals surface area contributed by atoms with E-state index in [2.05, 4.69) is 56.7 Å². The Morgan fingerprint density at radius 2 is 1.88 bits per heavy atom. The SMILES string of the molecule is CCCCOc1ccc2c(Br)c(CO[Si](C)(C)C(C)(C)C)oc(=O)c2c1. The minimum atomic E-state index is -1.93. The van der Waals surface area contributed by atoms with Crippen LogP contribution in [0.3, 0.4) is 0 Å². The number of benzene rings is 1. The Morgan fingerprint density at radius 3 is 2.50 bits per heavy atom. The molecule has 4 nitrogen and oxygen atoms in total. The second kappa shape index (κ2) is 8.27. The number of fused-ring (bicyclic) bond motifs is 1. The number of hydrogen-bond donors (Lipinski definition) is 0. The van der Waals surface area contributed by atoms with E-state index in [1.807, 2.05) is 12.1 Å². The zero-order chi connectivity index (χ0) is 19.5. The molecule has 144 valence electrons. The van der Waals surface area contributed by atoms with Crippen LogP contribution in [0, 0.1) is 0 Å². The zero-order valence-corrected chi connectivity index (χ0v) is 19.2. The molecule has 2 rings (SSSR count). The first kappa shape index (κ1) is 21.2. The summed E-state index contributed by atoms with van der Waals surface area (Å²) in [5.41, 5.74) is -0.363. The van der Waals surface area contributed by atoms with Crippen molar-refractivity contribution in [3.8, 4) is 5.75 Å². The van der Waals surface area contributed by atoms with Crippen molar-refractivity contribution in [1.82, 2.24) is 0 Å². The van der Waals surface area contributed by atoms with Crippen LogP contribution in [0.1, 0.15) is 46.3 Å². The van der Waals surface area contributed by atoms with Gasteiger partial charge < -0.3 is 13.6 Å². The normalized spacial score (nSPS) is 12.6. The van der Waals surface area contributed by atoms with Gasteiger partial charge in [-0.05, 0) is 58.7 Å². The summed E-state index contributed by atoms with van der Waals surface area (Å²) in [4.78, 5) is 12.5. The van der Waals surface area contributed by atoms with E-state index >= 15 is 0 Å². The summed E-state index contributed by atoms with van der Waals surface area (Å²) in [5, 5.41) is 1.43. The second-order valence-corrected chi connectivity index (χ2v) is 13.7. The highest BCUT2D eigenvalue weighted by Crippen LogP contribution is 2.38. The van der Waals surface area contributed by atoms with Crippen molar-refractivity contribution in [2.45, 2.75) is 65.3 Å². The molecule has 0 N–H and O–H groups in total. The first-order valence-corrected chi connectivity index (χ1v) is 12.8. The van der Waals surface area contributed by atoms with E-state index in [4.69, 9.17) is 13.6 Å². The Labute approximate surface area is 165 Å². The fourth-order valence-corrected chi connectivity index (χ4v) is 3.69. The van der Waals surface area contributed by atoms with Crippen LogP contribution in [-0.4, -0.2) is 14.9 Å². The number of rotatable bonds is 7. The van der Waals surface area contributed by atoms with Crippen LogP contribution in [-0.2, 0) is 11.0 Å². The highest BCUT2D eigenvalue weighted by molar-refractivity contribution is 9.10. The van der Waals surface area contributed by atoms with E-state index in [9.17, 15) is 4.79 Å². The van der Waals surface area contributed by atoms with Gasteiger partial charge in [-0.15, -0.1) is 0 Å². The molecule has 0 atom stereocenters. The molecule has 1 aromatic carbocycles. The topological polar surface area (TPSA) is 48.7 Å². The van der Waals surface area contributed by atoms with E-state index in [-0.39, 0.29) is 17.3 Å². The molecule has 0 saturated carbocycles. The van der Waals surface area contributed by atoms with Gasteiger partial charge in [0.1, 0.15) is 11.5 Å². The Morgan fingerprint density at radius 1 is 1.19 bits per heavy atom. The van der Waals surface area contributed by atoms with E-state index in [0.717, 1.165) is 22.7 Å². The van der Waals surface area contributed by atoms with Gasteiger partial charge in [-0.25, -0.2) is 4.79 Å². The third-order valence-corrected chi connectivity index (χ3v) is 10.4. The van der Waals surface area contributed by atoms with Crippen LogP contribution in [0.2, 0.25) is 18.1 Å². The monoisotopic (exact) mass is 440 g/mol. The minimum Gasteiger partial charge on any atom is -0.494 e. The fraction of sp³-hybridized carbons (Fsp3) is 0.550. The van der Waals surface area contributed by atoms with Crippen molar-refractivity contribution in [3.63, 3.8) is 0 Å². The van der Waals surface area contributed by atoms with Gasteiger partial charge in [-0.3, -0.25) is 0 Å². The number of ether oxygens (including phenoxy) is 1. The van der Waals surface area contributed by atoms with Crippen LogP contribution in [0.4, 0.5) is 0 Å². The van der Waals surface area contributed by atoms with E-state index in [0.29, 0.717) is 23.5 Å². The molecule has 0 aliphatic rings. The fourth-order valence-electron chi connectivity index (χ4n) is 2.22. The summed E-state index contributed by atoms with van der Waals surface area (Å²) in [6.45, 7) is 14.0. The highest BCUT2D eigenvalue weighted by Gasteiger charge is 2.37. The number of hydrogen-bond acceptors (Lipinski definition) is 4. The van der Waals surface area contributed by atoms with Crippen molar-refractivity contribution >= 4 is 35.0 Å². The van der Waals surface area contributed by atoms with Crippen molar-refractivity contribution in [2.75, 3.05) is 6.61 Å². The minimum absolute atomic E-state index is 0.0986. The van der Waals surface area contributed by atoms with Gasteiger partial charge in [0, 0.05) is 5.39 Å². The Kier molecular flexibility index (Phi) is 6.74. The lowest BCUT2D eigenvalue weighted by Gasteiger charge is -2.36. The first-order chi connectivity index (χ1) is 12.1. The molecule has 2 aromatic rings. The average molecular weight is 441 g/mol. The molecule has 1 aromatic heterocycles. The van der Waals surface area contributed by atoms with Gasteiger partial charge in [0.2, 0.25) is 0 Å². The molecule has 0 amide bonds. The standard InChI is InChI=1S/C20H29BrO4Si/c1-7-8-11-23-14-9-10-15-16(12-14)19(22)25-17(18(15)21)13-24-26(5,6)20(2,3)4/h9-10,12H,7-8,11,13H2,1-6H3. The van der Waals surface area contributed by atoms with Crippen LogP contribution < -0.4 is 10.4 Å². The molecular formula is C20H29BrO4Si. The summed E-state index contributed by atoms with van der Waals surface area (Å²) in [6, 6.07) is 5.54. The number of halogens is 1. The molecule has 0 aliphatic heterocycles. The smallest absolute Gasteiger partial charge is 0.344 e. The van der Waals surface area contributed by atoms with Crippen LogP contribution in [0.15, 0.2) is 31.9 Å². The molecule has 26 heavy (non-hydrogen) atoms. The van der Waals surface area contributed by atoms with E-state index < -0.39 is 8.32 Å². The molecule has 0 radical (unpaired) electrons. The molecule has 0 saturated heterocycles. The van der Waals surface area contributed by atoms with Crippen molar-refractivity contribution in [2.24, 2.45) is 0 Å². The summed E-state index contributed by atoms with van der Waals surface area (Å²) in [5.74, 6) is 1.22. The summed E-state index contributed by atoms with van der Waals surface area (Å²) >= 11 is 3.58. The Hall–Kier alpha value is -1.11. The summed E-state index contributed by atoms with van der Waals surface area (Å²) in [6.07, 6.45) is 2.05. The van der Waals surface area contributed by atoms with Gasteiger partial charge in [-0.1, -0.05) is 34.1 Å². The van der Waals surface area contributed by atoms with Gasteiger partial charge in [0.15, 0.2) is 8.32 Å². The lowest BCUT2D eigenvalue weighted by Crippen LogP contribution is -2.40. The lowest BCUT2D eigenvalue weighted by molar-refractivity contribution is 0.239. The largest absolute Gasteiger partial charge is 0.494 e. The zero-order valence-electron chi connectivity index (χ0n) is 16.6. The van der Waals surface area contributed by atoms with Gasteiger partial charge in [0.25, 0.3) is 0 Å².